The third-order valence-electron chi connectivity index (χ3n) is 5.97. The van der Waals surface area contributed by atoms with Gasteiger partial charge in [-0.2, -0.15) is 5.10 Å². The lowest BCUT2D eigenvalue weighted by Gasteiger charge is -2.22. The number of carbonyl (C=O) groups excluding carboxylic acids is 1. The summed E-state index contributed by atoms with van der Waals surface area (Å²) < 4.78 is 12.4. The Bertz CT molecular complexity index is 1350. The Morgan fingerprint density at radius 2 is 1.61 bits per heavy atom. The number of carbonyl (C=O) groups is 1. The summed E-state index contributed by atoms with van der Waals surface area (Å²) in [5.74, 6) is 1.61. The lowest BCUT2D eigenvalue weighted by Crippen LogP contribution is -2.28. The number of nitrogens with zero attached hydrogens (tertiary/aromatic N) is 5. The lowest BCUT2D eigenvalue weighted by atomic mass is 9.98. The summed E-state index contributed by atoms with van der Waals surface area (Å²) in [6.45, 7) is 0. The summed E-state index contributed by atoms with van der Waals surface area (Å²) in [6.07, 6.45) is 2.27. The van der Waals surface area contributed by atoms with Crippen molar-refractivity contribution in [3.05, 3.63) is 96.3 Å². The zero-order chi connectivity index (χ0) is 24.9. The molecule has 5 rings (SSSR count). The highest BCUT2D eigenvalue weighted by Gasteiger charge is 2.33. The fraction of sp³-hybridized carbons (Fsp3) is 0.185. The molecule has 0 radical (unpaired) electrons. The molecular formula is C27H25N5O3S. The maximum atomic E-state index is 13.5. The molecule has 2 heterocycles. The highest BCUT2D eigenvalue weighted by molar-refractivity contribution is 7.99. The van der Waals surface area contributed by atoms with Crippen LogP contribution in [-0.2, 0) is 4.79 Å². The van der Waals surface area contributed by atoms with Gasteiger partial charge in [0, 0.05) is 12.1 Å². The quantitative estimate of drug-likeness (QED) is 0.325. The second kappa shape index (κ2) is 10.7. The molecular weight excluding hydrogens is 474 g/mol. The molecule has 0 fully saturated rings. The molecule has 0 N–H and O–H groups in total. The molecule has 0 bridgehead atoms. The maximum absolute atomic E-state index is 13.5. The van der Waals surface area contributed by atoms with Crippen molar-refractivity contribution in [3.63, 3.8) is 0 Å². The Morgan fingerprint density at radius 1 is 0.944 bits per heavy atom. The lowest BCUT2D eigenvalue weighted by molar-refractivity contribution is -0.130. The number of benzene rings is 3. The molecule has 8 nitrogen and oxygen atoms in total. The van der Waals surface area contributed by atoms with Crippen LogP contribution in [0.25, 0.3) is 5.69 Å². The number of methoxy groups -OCH3 is 2. The summed E-state index contributed by atoms with van der Waals surface area (Å²) in [5, 5.41) is 15.2. The third-order valence-corrected chi connectivity index (χ3v) is 6.89. The first-order valence-electron chi connectivity index (χ1n) is 11.4. The molecule has 0 aliphatic carbocycles. The number of thioether (sulfide) groups is 1. The molecule has 1 aromatic heterocycles. The van der Waals surface area contributed by atoms with Crippen LogP contribution in [0.1, 0.15) is 23.6 Å². The normalized spacial score (nSPS) is 15.0. The number of ether oxygens (including phenoxy) is 2. The van der Waals surface area contributed by atoms with Crippen molar-refractivity contribution in [2.75, 3.05) is 20.0 Å². The van der Waals surface area contributed by atoms with Crippen molar-refractivity contribution in [1.82, 2.24) is 19.8 Å². The van der Waals surface area contributed by atoms with E-state index in [-0.39, 0.29) is 17.7 Å². The Morgan fingerprint density at radius 3 is 2.28 bits per heavy atom. The number of hydrogen-bond acceptors (Lipinski definition) is 7. The van der Waals surface area contributed by atoms with Gasteiger partial charge in [-0.25, -0.2) is 5.01 Å². The summed E-state index contributed by atoms with van der Waals surface area (Å²) in [6, 6.07) is 25.1. The summed E-state index contributed by atoms with van der Waals surface area (Å²) >= 11 is 1.33. The average molecular weight is 500 g/mol. The fourth-order valence-corrected chi connectivity index (χ4v) is 4.85. The van der Waals surface area contributed by atoms with Crippen molar-refractivity contribution in [2.45, 2.75) is 17.6 Å². The van der Waals surface area contributed by atoms with Crippen molar-refractivity contribution < 1.29 is 14.3 Å². The first-order chi connectivity index (χ1) is 17.7. The van der Waals surface area contributed by atoms with Crippen LogP contribution in [0.15, 0.2) is 95.4 Å². The summed E-state index contributed by atoms with van der Waals surface area (Å²) in [4.78, 5) is 13.5. The largest absolute Gasteiger partial charge is 0.497 e. The molecule has 0 saturated carbocycles. The van der Waals surface area contributed by atoms with Crippen LogP contribution in [0.4, 0.5) is 0 Å². The van der Waals surface area contributed by atoms with E-state index in [9.17, 15) is 4.79 Å². The third kappa shape index (κ3) is 4.96. The minimum Gasteiger partial charge on any atom is -0.497 e. The van der Waals surface area contributed by atoms with E-state index in [2.05, 4.69) is 10.2 Å². The van der Waals surface area contributed by atoms with Gasteiger partial charge in [-0.05, 0) is 47.5 Å². The van der Waals surface area contributed by atoms with Gasteiger partial charge in [0.05, 0.1) is 31.7 Å². The number of rotatable bonds is 8. The molecule has 36 heavy (non-hydrogen) atoms. The summed E-state index contributed by atoms with van der Waals surface area (Å²) in [7, 11) is 3.27. The van der Waals surface area contributed by atoms with Gasteiger partial charge in [-0.1, -0.05) is 54.2 Å². The Labute approximate surface area is 213 Å². The van der Waals surface area contributed by atoms with Gasteiger partial charge in [0.25, 0.3) is 5.91 Å². The second-order valence-corrected chi connectivity index (χ2v) is 9.06. The van der Waals surface area contributed by atoms with E-state index in [0.717, 1.165) is 34.0 Å². The van der Waals surface area contributed by atoms with Gasteiger partial charge in [0.1, 0.15) is 17.8 Å². The molecule has 1 amide bonds. The van der Waals surface area contributed by atoms with E-state index in [0.29, 0.717) is 11.6 Å². The zero-order valence-electron chi connectivity index (χ0n) is 19.9. The smallest absolute Gasteiger partial charge is 0.253 e. The van der Waals surface area contributed by atoms with Crippen LogP contribution < -0.4 is 9.47 Å². The molecule has 1 aliphatic rings. The number of amides is 1. The first kappa shape index (κ1) is 23.6. The Kier molecular flexibility index (Phi) is 6.99. The highest BCUT2D eigenvalue weighted by atomic mass is 32.2. The average Bonchev–Trinajstić information content (AvgIpc) is 3.60. The molecule has 1 aliphatic heterocycles. The van der Waals surface area contributed by atoms with Crippen LogP contribution >= 0.6 is 11.8 Å². The number of hydrazone groups is 1. The minimum atomic E-state index is -0.196. The first-order valence-corrected chi connectivity index (χ1v) is 12.4. The molecule has 9 heteroatoms. The predicted octanol–water partition coefficient (Wildman–Crippen LogP) is 4.75. The van der Waals surface area contributed by atoms with E-state index in [1.54, 1.807) is 25.6 Å². The van der Waals surface area contributed by atoms with Crippen molar-refractivity contribution in [2.24, 2.45) is 5.10 Å². The predicted molar refractivity (Wildman–Crippen MR) is 139 cm³/mol. The number of aromatic nitrogens is 3. The van der Waals surface area contributed by atoms with Gasteiger partial charge in [-0.3, -0.25) is 9.36 Å². The van der Waals surface area contributed by atoms with Gasteiger partial charge >= 0.3 is 0 Å². The second-order valence-electron chi connectivity index (χ2n) is 8.11. The summed E-state index contributed by atoms with van der Waals surface area (Å²) in [5.41, 5.74) is 3.79. The van der Waals surface area contributed by atoms with E-state index >= 15 is 0 Å². The van der Waals surface area contributed by atoms with E-state index in [4.69, 9.17) is 14.6 Å². The highest BCUT2D eigenvalue weighted by Crippen LogP contribution is 2.34. The van der Waals surface area contributed by atoms with Crippen LogP contribution in [0, 0.1) is 0 Å². The van der Waals surface area contributed by atoms with Gasteiger partial charge in [0.2, 0.25) is 0 Å². The maximum Gasteiger partial charge on any atom is 0.253 e. The van der Waals surface area contributed by atoms with E-state index in [1.807, 2.05) is 83.4 Å². The molecule has 4 aromatic rings. The van der Waals surface area contributed by atoms with Gasteiger partial charge in [0.15, 0.2) is 5.16 Å². The van der Waals surface area contributed by atoms with E-state index in [1.165, 1.54) is 11.8 Å². The van der Waals surface area contributed by atoms with Crippen molar-refractivity contribution in [3.8, 4) is 17.2 Å². The molecule has 1 atom stereocenters. The SMILES string of the molecule is COc1ccc([C@@H]2CC(c3ccccc3)=NN2C(=O)CSc2nncn2-c2ccc(OC)cc2)cc1. The molecule has 0 spiro atoms. The molecule has 182 valence electrons. The molecule has 3 aromatic carbocycles. The van der Waals surface area contributed by atoms with Gasteiger partial charge in [-0.15, -0.1) is 10.2 Å². The van der Waals surface area contributed by atoms with Crippen molar-refractivity contribution in [1.29, 1.82) is 0 Å². The Hall–Kier alpha value is -4.11. The van der Waals surface area contributed by atoms with Crippen molar-refractivity contribution >= 4 is 23.4 Å². The standard InChI is InChI=1S/C27H25N5O3S/c1-34-22-12-8-20(9-13-22)25-16-24(19-6-4-3-5-7-19)30-32(25)26(33)17-36-27-29-28-18-31(27)21-10-14-23(35-2)15-11-21/h3-15,18,25H,16-17H2,1-2H3/t25-/m0/s1. The Balaban J connectivity index is 1.36. The van der Waals surface area contributed by atoms with Crippen LogP contribution in [0.2, 0.25) is 0 Å². The van der Waals surface area contributed by atoms with E-state index < -0.39 is 0 Å². The fourth-order valence-electron chi connectivity index (χ4n) is 4.07. The zero-order valence-corrected chi connectivity index (χ0v) is 20.8. The van der Waals surface area contributed by atoms with Crippen LogP contribution in [-0.4, -0.2) is 51.4 Å². The van der Waals surface area contributed by atoms with Crippen LogP contribution in [0.3, 0.4) is 0 Å². The molecule has 0 unspecified atom stereocenters. The van der Waals surface area contributed by atoms with Gasteiger partial charge < -0.3 is 9.47 Å². The monoisotopic (exact) mass is 499 g/mol. The van der Waals surface area contributed by atoms with Crippen LogP contribution in [0.5, 0.6) is 11.5 Å². The topological polar surface area (TPSA) is 81.8 Å². The minimum absolute atomic E-state index is 0.101. The molecule has 0 saturated heterocycles. The number of hydrogen-bond donors (Lipinski definition) is 0.